The van der Waals surface area contributed by atoms with E-state index in [1.165, 1.54) is 7.11 Å². The molecule has 1 aliphatic rings. The quantitative estimate of drug-likeness (QED) is 0.392. The molecule has 0 radical (unpaired) electrons. The summed E-state index contributed by atoms with van der Waals surface area (Å²) < 4.78 is 9.27. The van der Waals surface area contributed by atoms with Crippen molar-refractivity contribution in [2.24, 2.45) is 0 Å². The van der Waals surface area contributed by atoms with Crippen LogP contribution in [0.15, 0.2) is 49.1 Å². The minimum atomic E-state index is -0.330. The lowest BCUT2D eigenvalue weighted by molar-refractivity contribution is 0.175. The second-order valence-corrected chi connectivity index (χ2v) is 8.70. The van der Waals surface area contributed by atoms with Gasteiger partial charge in [0.05, 0.1) is 30.4 Å². The number of carbonyl (C=O) groups excluding carboxylic acids is 1. The fourth-order valence-electron chi connectivity index (χ4n) is 4.75. The van der Waals surface area contributed by atoms with E-state index in [-0.39, 0.29) is 12.1 Å². The highest BCUT2D eigenvalue weighted by molar-refractivity contribution is 5.95. The Morgan fingerprint density at radius 1 is 1.17 bits per heavy atom. The number of imidazole rings is 1. The van der Waals surface area contributed by atoms with Gasteiger partial charge in [0.2, 0.25) is 0 Å². The molecule has 10 nitrogen and oxygen atoms in total. The molecular weight excluding hydrogens is 444 g/mol. The maximum Gasteiger partial charge on any atom is 0.414 e. The van der Waals surface area contributed by atoms with Crippen molar-refractivity contribution in [2.75, 3.05) is 18.6 Å². The van der Waals surface area contributed by atoms with E-state index in [4.69, 9.17) is 9.72 Å². The summed E-state index contributed by atoms with van der Waals surface area (Å²) >= 11 is 0. The Balaban J connectivity index is 1.44. The molecule has 3 aromatic heterocycles. The van der Waals surface area contributed by atoms with Crippen LogP contribution in [0.25, 0.3) is 11.0 Å². The van der Waals surface area contributed by atoms with Crippen molar-refractivity contribution in [3.8, 4) is 0 Å². The highest BCUT2D eigenvalue weighted by Crippen LogP contribution is 2.36. The maximum absolute atomic E-state index is 12.5. The number of hydrogen-bond acceptors (Lipinski definition) is 7. The molecule has 0 bridgehead atoms. The molecule has 35 heavy (non-hydrogen) atoms. The summed E-state index contributed by atoms with van der Waals surface area (Å²) in [6.07, 6.45) is 9.43. The van der Waals surface area contributed by atoms with Crippen LogP contribution in [0.3, 0.4) is 0 Å². The molecule has 0 spiro atoms. The highest BCUT2D eigenvalue weighted by Gasteiger charge is 2.31. The molecule has 1 atom stereocenters. The maximum atomic E-state index is 12.5. The summed E-state index contributed by atoms with van der Waals surface area (Å²) in [7, 11) is 1.43. The summed E-state index contributed by atoms with van der Waals surface area (Å²) in [5.41, 5.74) is 4.04. The number of anilines is 1. The Bertz CT molecular complexity index is 1290. The Kier molecular flexibility index (Phi) is 6.71. The zero-order chi connectivity index (χ0) is 24.2. The molecule has 1 aliphatic heterocycles. The van der Waals surface area contributed by atoms with Crippen molar-refractivity contribution in [3.63, 3.8) is 0 Å². The smallest absolute Gasteiger partial charge is 0.414 e. The number of amides is 1. The van der Waals surface area contributed by atoms with Crippen molar-refractivity contribution >= 4 is 22.8 Å². The largest absolute Gasteiger partial charge is 0.452 e. The highest BCUT2D eigenvalue weighted by atomic mass is 16.5. The third-order valence-electron chi connectivity index (χ3n) is 6.50. The van der Waals surface area contributed by atoms with Gasteiger partial charge in [-0.05, 0) is 44.0 Å². The van der Waals surface area contributed by atoms with Crippen LogP contribution < -0.4 is 10.2 Å². The molecule has 5 rings (SSSR count). The summed E-state index contributed by atoms with van der Waals surface area (Å²) in [6.45, 7) is 4.92. The fraction of sp³-hybridized carbons (Fsp3) is 0.400. The van der Waals surface area contributed by atoms with Crippen LogP contribution in [-0.2, 0) is 37.2 Å². The number of nitrogens with one attached hydrogen (secondary N) is 1. The molecule has 182 valence electrons. The van der Waals surface area contributed by atoms with Gasteiger partial charge in [0.1, 0.15) is 11.6 Å². The summed E-state index contributed by atoms with van der Waals surface area (Å²) in [6, 6.07) is 7.93. The lowest BCUT2D eigenvalue weighted by Gasteiger charge is -2.34. The van der Waals surface area contributed by atoms with Crippen molar-refractivity contribution in [1.82, 2.24) is 34.6 Å². The first-order valence-corrected chi connectivity index (χ1v) is 12.0. The average Bonchev–Trinajstić information content (AvgIpc) is 3.53. The normalized spacial score (nSPS) is 15.4. The minimum absolute atomic E-state index is 0.0816. The first-order chi connectivity index (χ1) is 17.2. The topological polar surface area (TPSA) is 103 Å². The number of nitrogens with zero attached hydrogens (tertiary/aromatic N) is 7. The van der Waals surface area contributed by atoms with Crippen LogP contribution in [0.4, 0.5) is 10.5 Å². The molecule has 10 heteroatoms. The molecule has 1 N–H and O–H groups in total. The Hall–Kier alpha value is -3.79. The molecule has 4 aromatic rings. The van der Waals surface area contributed by atoms with Gasteiger partial charge in [-0.15, -0.1) is 0 Å². The summed E-state index contributed by atoms with van der Waals surface area (Å²) in [4.78, 5) is 27.9. The standard InChI is InChI=1S/C25H30N8O2/c1-18-5-6-19-20(33(18)25(34)35-2)7-8-21-24(19)30-23(9-15-31-14-4-12-29-31)32(21)16-13-26-17-22-27-10-3-11-28-22/h3-4,7-8,10-12,14,18,26H,5-6,9,13,15-17H2,1-2H3/t18-/m0/s1. The van der Waals surface area contributed by atoms with E-state index in [1.807, 2.05) is 29.1 Å². The number of aromatic nitrogens is 6. The molecular formula is C25H30N8O2. The number of rotatable bonds is 8. The summed E-state index contributed by atoms with van der Waals surface area (Å²) in [5, 5.41) is 7.78. The monoisotopic (exact) mass is 474 g/mol. The van der Waals surface area contributed by atoms with Gasteiger partial charge in [0.15, 0.2) is 0 Å². The van der Waals surface area contributed by atoms with Crippen molar-refractivity contribution in [1.29, 1.82) is 0 Å². The van der Waals surface area contributed by atoms with Crippen molar-refractivity contribution in [3.05, 3.63) is 66.3 Å². The number of aryl methyl sites for hydroxylation is 3. The van der Waals surface area contributed by atoms with Crippen LogP contribution in [0, 0.1) is 0 Å². The van der Waals surface area contributed by atoms with Gasteiger partial charge in [-0.1, -0.05) is 0 Å². The number of ether oxygens (including phenoxy) is 1. The number of carbonyl (C=O) groups is 1. The van der Waals surface area contributed by atoms with E-state index >= 15 is 0 Å². The van der Waals surface area contributed by atoms with E-state index in [0.717, 1.165) is 72.8 Å². The predicted octanol–water partition coefficient (Wildman–Crippen LogP) is 2.96. The molecule has 0 unspecified atom stereocenters. The molecule has 0 saturated heterocycles. The van der Waals surface area contributed by atoms with E-state index in [0.29, 0.717) is 6.54 Å². The van der Waals surface area contributed by atoms with E-state index < -0.39 is 0 Å². The number of hydrogen-bond donors (Lipinski definition) is 1. The van der Waals surface area contributed by atoms with Crippen LogP contribution >= 0.6 is 0 Å². The van der Waals surface area contributed by atoms with Gasteiger partial charge in [-0.25, -0.2) is 19.7 Å². The third kappa shape index (κ3) is 4.74. The molecule has 0 saturated carbocycles. The van der Waals surface area contributed by atoms with Gasteiger partial charge < -0.3 is 14.6 Å². The lowest BCUT2D eigenvalue weighted by atomic mass is 9.96. The SMILES string of the molecule is COC(=O)N1c2ccc3c(nc(CCn4cccn4)n3CCNCc3ncccn3)c2CC[C@@H]1C. The zero-order valence-electron chi connectivity index (χ0n) is 20.1. The lowest BCUT2D eigenvalue weighted by Crippen LogP contribution is -2.42. The number of methoxy groups -OCH3 is 1. The first kappa shape index (κ1) is 23.0. The fourth-order valence-corrected chi connectivity index (χ4v) is 4.75. The third-order valence-corrected chi connectivity index (χ3v) is 6.50. The van der Waals surface area contributed by atoms with Crippen molar-refractivity contribution in [2.45, 2.75) is 51.9 Å². The van der Waals surface area contributed by atoms with Crippen LogP contribution in [0.1, 0.15) is 30.6 Å². The molecule has 0 fully saturated rings. The second-order valence-electron chi connectivity index (χ2n) is 8.70. The van der Waals surface area contributed by atoms with E-state index in [2.05, 4.69) is 37.9 Å². The molecule has 1 aromatic carbocycles. The Morgan fingerprint density at radius 3 is 2.80 bits per heavy atom. The Morgan fingerprint density at radius 2 is 2.03 bits per heavy atom. The van der Waals surface area contributed by atoms with Gasteiger partial charge in [-0.3, -0.25) is 9.58 Å². The zero-order valence-corrected chi connectivity index (χ0v) is 20.1. The van der Waals surface area contributed by atoms with Gasteiger partial charge in [0.25, 0.3) is 0 Å². The summed E-state index contributed by atoms with van der Waals surface area (Å²) in [5.74, 6) is 1.78. The van der Waals surface area contributed by atoms with Crippen LogP contribution in [-0.4, -0.2) is 55.1 Å². The number of benzene rings is 1. The van der Waals surface area contributed by atoms with Gasteiger partial charge in [-0.2, -0.15) is 5.10 Å². The van der Waals surface area contributed by atoms with Gasteiger partial charge in [0, 0.05) is 62.4 Å². The first-order valence-electron chi connectivity index (χ1n) is 12.0. The van der Waals surface area contributed by atoms with Crippen LogP contribution in [0.5, 0.6) is 0 Å². The van der Waals surface area contributed by atoms with Crippen LogP contribution in [0.2, 0.25) is 0 Å². The minimum Gasteiger partial charge on any atom is -0.452 e. The second kappa shape index (κ2) is 10.2. The predicted molar refractivity (Wildman–Crippen MR) is 132 cm³/mol. The Labute approximate surface area is 204 Å². The van der Waals surface area contributed by atoms with Gasteiger partial charge >= 0.3 is 6.09 Å². The molecule has 0 aliphatic carbocycles. The van der Waals surface area contributed by atoms with E-state index in [1.54, 1.807) is 23.5 Å². The average molecular weight is 475 g/mol. The molecule has 4 heterocycles. The molecule has 1 amide bonds. The number of fused-ring (bicyclic) bond motifs is 3. The van der Waals surface area contributed by atoms with Crippen molar-refractivity contribution < 1.29 is 9.53 Å². The van der Waals surface area contributed by atoms with E-state index in [9.17, 15) is 4.79 Å².